The van der Waals surface area contributed by atoms with E-state index in [-0.39, 0.29) is 40.7 Å². The Hall–Kier alpha value is -7.22. The Morgan fingerprint density at radius 3 is 1.79 bits per heavy atom. The van der Waals surface area contributed by atoms with Gasteiger partial charge in [0.05, 0.1) is 50.6 Å². The van der Waals surface area contributed by atoms with Crippen molar-refractivity contribution >= 4 is 100 Å². The average molecular weight is 1020 g/mol. The van der Waals surface area contributed by atoms with E-state index in [0.29, 0.717) is 68.4 Å². The number of nitrogens with one attached hydrogen (secondary N) is 1. The zero-order chi connectivity index (χ0) is 48.0. The minimum atomic E-state index is -1.41. The second-order valence-electron chi connectivity index (χ2n) is 16.1. The molecule has 2 N–H and O–H groups in total. The molecule has 1 saturated heterocycles. The summed E-state index contributed by atoms with van der Waals surface area (Å²) in [5, 5.41) is 43.7. The van der Waals surface area contributed by atoms with Crippen LogP contribution in [0.5, 0.6) is 0 Å². The van der Waals surface area contributed by atoms with Crippen molar-refractivity contribution in [2.24, 2.45) is 0 Å². The molecule has 24 heteroatoms. The van der Waals surface area contributed by atoms with Gasteiger partial charge in [-0.25, -0.2) is 33.3 Å². The summed E-state index contributed by atoms with van der Waals surface area (Å²) in [4.78, 5) is 40.9. The van der Waals surface area contributed by atoms with Crippen LogP contribution in [0.1, 0.15) is 13.8 Å². The van der Waals surface area contributed by atoms with Crippen LogP contribution < -0.4 is 10.3 Å². The maximum absolute atomic E-state index is 14.5. The van der Waals surface area contributed by atoms with Crippen LogP contribution in [0.4, 0.5) is 28.6 Å². The maximum Gasteiger partial charge on any atom is 0.433 e. The van der Waals surface area contributed by atoms with Crippen LogP contribution in [0.25, 0.3) is 54.2 Å². The van der Waals surface area contributed by atoms with Gasteiger partial charge in [0.2, 0.25) is 15.4 Å². The quantitative estimate of drug-likeness (QED) is 0.116. The van der Waals surface area contributed by atoms with Crippen LogP contribution in [0, 0.1) is 11.6 Å². The monoisotopic (exact) mass is 1010 g/mol. The average Bonchev–Trinajstić information content (AvgIpc) is 4.15. The Morgan fingerprint density at radius 1 is 0.714 bits per heavy atom. The number of benzene rings is 4. The third-order valence-electron chi connectivity index (χ3n) is 11.1. The normalized spacial score (nSPS) is 15.3. The minimum absolute atomic E-state index is 0.00361. The van der Waals surface area contributed by atoms with Crippen molar-refractivity contribution in [2.45, 2.75) is 46.2 Å². The molecular weight excluding hydrogens is 979 g/mol. The molecule has 0 saturated carbocycles. The summed E-state index contributed by atoms with van der Waals surface area (Å²) >= 11 is 5.00. The number of rotatable bonds is 11. The molecule has 0 radical (unpaired) electrons. The number of carboxylic acid groups (broad SMARTS) is 1. The second kappa shape index (κ2) is 18.9. The largest absolute Gasteiger partial charge is 0.463 e. The number of carbonyl (C=O) groups is 2. The number of fused-ring (bicyclic) bond motifs is 4. The van der Waals surface area contributed by atoms with Gasteiger partial charge >= 0.3 is 12.1 Å². The van der Waals surface area contributed by atoms with Gasteiger partial charge in [-0.15, -0.1) is 20.4 Å². The molecule has 2 atom stereocenters. The van der Waals surface area contributed by atoms with Gasteiger partial charge in [0.1, 0.15) is 11.6 Å². The molecule has 1 aliphatic heterocycles. The van der Waals surface area contributed by atoms with Crippen LogP contribution in [0.15, 0.2) is 129 Å². The molecule has 3 amide bonds. The molecule has 11 rings (SSSR count). The lowest BCUT2D eigenvalue weighted by Gasteiger charge is -2.37. The smallest absolute Gasteiger partial charge is 0.433 e. The molecule has 10 aromatic rings. The fourth-order valence-corrected chi connectivity index (χ4v) is 11.6. The van der Waals surface area contributed by atoms with E-state index in [1.165, 1.54) is 59.1 Å². The highest BCUT2D eigenvalue weighted by Crippen LogP contribution is 2.37. The highest BCUT2D eigenvalue weighted by molar-refractivity contribution is 7.99. The topological polar surface area (TPSA) is 197 Å². The predicted octanol–water partition coefficient (Wildman–Crippen LogP) is 9.74. The molecule has 7 heterocycles. The van der Waals surface area contributed by atoms with Crippen molar-refractivity contribution in [3.63, 3.8) is 0 Å². The first-order valence-corrected chi connectivity index (χ1v) is 24.9. The molecule has 4 aromatic carbocycles. The SMILES string of the molecule is C[C@@H]1CN(CCN(C(=O)Nc2nc3ccc(Sc4nnc5ccc(-c6ccc(F)cc6)nn45)cc3s2)N(C(=O)O)c2nc3ccc(Sc4nnc5ccc(-c6ccc(F)cc6)nn45)cc3s2)C[C@H](C)O1. The van der Waals surface area contributed by atoms with Crippen molar-refractivity contribution in [1.82, 2.24) is 59.5 Å². The highest BCUT2D eigenvalue weighted by Gasteiger charge is 2.33. The van der Waals surface area contributed by atoms with E-state index in [4.69, 9.17) is 19.9 Å². The number of hydrogen-bond donors (Lipinski definition) is 2. The van der Waals surface area contributed by atoms with Crippen molar-refractivity contribution in [3.8, 4) is 22.5 Å². The number of urea groups is 1. The molecule has 18 nitrogen and oxygen atoms in total. The lowest BCUT2D eigenvalue weighted by atomic mass is 10.1. The van der Waals surface area contributed by atoms with Crippen LogP contribution in [0.3, 0.4) is 0 Å². The second-order valence-corrected chi connectivity index (χ2v) is 20.2. The number of amides is 3. The first-order chi connectivity index (χ1) is 34.0. The zero-order valence-corrected chi connectivity index (χ0v) is 40.0. The summed E-state index contributed by atoms with van der Waals surface area (Å²) in [7, 11) is 0. The molecule has 352 valence electrons. The highest BCUT2D eigenvalue weighted by atomic mass is 32.2. The van der Waals surface area contributed by atoms with Crippen molar-refractivity contribution in [1.29, 1.82) is 0 Å². The number of nitrogens with zero attached hydrogens (tertiary/aromatic N) is 13. The van der Waals surface area contributed by atoms with E-state index in [0.717, 1.165) is 47.0 Å². The number of aromatic nitrogens is 10. The Bertz CT molecular complexity index is 3580. The van der Waals surface area contributed by atoms with Gasteiger partial charge in [-0.3, -0.25) is 10.2 Å². The van der Waals surface area contributed by atoms with E-state index < -0.39 is 12.1 Å². The molecule has 0 spiro atoms. The number of anilines is 2. The lowest BCUT2D eigenvalue weighted by Crippen LogP contribution is -2.55. The van der Waals surface area contributed by atoms with Gasteiger partial charge in [-0.2, -0.15) is 24.2 Å². The number of morpholine rings is 1. The van der Waals surface area contributed by atoms with Crippen molar-refractivity contribution < 1.29 is 28.2 Å². The van der Waals surface area contributed by atoms with E-state index >= 15 is 0 Å². The summed E-state index contributed by atoms with van der Waals surface area (Å²) in [6.07, 6.45) is -1.51. The summed E-state index contributed by atoms with van der Waals surface area (Å²) in [5.74, 6) is -0.685. The number of halogens is 2. The molecule has 1 aliphatic rings. The first-order valence-electron chi connectivity index (χ1n) is 21.6. The molecule has 0 aliphatic carbocycles. The summed E-state index contributed by atoms with van der Waals surface area (Å²) in [6, 6.07) is 29.7. The Balaban J connectivity index is 0.848. The number of thiazole rings is 2. The van der Waals surface area contributed by atoms with Gasteiger partial charge < -0.3 is 9.84 Å². The third-order valence-corrected chi connectivity index (χ3v) is 14.8. The summed E-state index contributed by atoms with van der Waals surface area (Å²) < 4.78 is 37.8. The Labute approximate surface area is 411 Å². The van der Waals surface area contributed by atoms with Crippen LogP contribution in [-0.2, 0) is 4.74 Å². The van der Waals surface area contributed by atoms with Gasteiger partial charge in [0.15, 0.2) is 16.4 Å². The van der Waals surface area contributed by atoms with Gasteiger partial charge in [0.25, 0.3) is 0 Å². The number of hydrogen-bond acceptors (Lipinski definition) is 16. The molecule has 1 fully saturated rings. The number of hydrazine groups is 1. The first kappa shape index (κ1) is 45.2. The Morgan fingerprint density at radius 2 is 1.24 bits per heavy atom. The molecular formula is C46H36F2N14O4S4. The lowest BCUT2D eigenvalue weighted by molar-refractivity contribution is -0.0687. The van der Waals surface area contributed by atoms with Gasteiger partial charge in [0, 0.05) is 40.6 Å². The minimum Gasteiger partial charge on any atom is -0.463 e. The van der Waals surface area contributed by atoms with E-state index in [1.807, 2.05) is 44.2 Å². The van der Waals surface area contributed by atoms with E-state index in [2.05, 4.69) is 35.6 Å². The molecule has 0 unspecified atom stereocenters. The summed E-state index contributed by atoms with van der Waals surface area (Å²) in [5.41, 5.74) is 4.92. The third kappa shape index (κ3) is 9.43. The van der Waals surface area contributed by atoms with Crippen molar-refractivity contribution in [3.05, 3.63) is 121 Å². The molecule has 6 aromatic heterocycles. The summed E-state index contributed by atoms with van der Waals surface area (Å²) in [6.45, 7) is 5.51. The van der Waals surface area contributed by atoms with Gasteiger partial charge in [-0.1, -0.05) is 22.7 Å². The fraction of sp³-hybridized carbons (Fsp3) is 0.174. The standard InChI is InChI=1S/C46H36F2N14O4S4/c1-25-23-58(24-26(2)66-25)19-20-59(42(63)51-41-49-35-13-11-31(21-37(35)69-41)67-44-54-52-39-17-15-33(56-60(39)44)27-3-7-29(47)8-4-27)62(46(64)65)43-50-36-14-12-32(22-38(36)70-43)68-45-55-53-40-18-16-34(57-61(40)45)28-5-9-30(48)10-6-28/h3-18,21-22,25-26H,19-20,23-24H2,1-2H3,(H,64,65)(H,49,51,63)/t25-,26+. The van der Waals surface area contributed by atoms with E-state index in [9.17, 15) is 23.5 Å². The van der Waals surface area contributed by atoms with Crippen molar-refractivity contribution in [2.75, 3.05) is 36.5 Å². The molecule has 0 bridgehead atoms. The fourth-order valence-electron chi connectivity index (χ4n) is 7.93. The zero-order valence-electron chi connectivity index (χ0n) is 36.8. The van der Waals surface area contributed by atoms with Crippen LogP contribution >= 0.6 is 46.2 Å². The van der Waals surface area contributed by atoms with Crippen LogP contribution in [-0.4, -0.2) is 115 Å². The van der Waals surface area contributed by atoms with Gasteiger partial charge in [-0.05, 0) is 147 Å². The maximum atomic E-state index is 14.5. The predicted molar refractivity (Wildman–Crippen MR) is 263 cm³/mol. The number of carbonyl (C=O) groups excluding carboxylic acids is 1. The molecule has 70 heavy (non-hydrogen) atoms. The number of ether oxygens (including phenoxy) is 1. The van der Waals surface area contributed by atoms with Crippen LogP contribution in [0.2, 0.25) is 0 Å². The Kier molecular flexibility index (Phi) is 12.2. The van der Waals surface area contributed by atoms with E-state index in [1.54, 1.807) is 63.6 Å².